The van der Waals surface area contributed by atoms with Crippen molar-refractivity contribution in [2.45, 2.75) is 38.2 Å². The predicted molar refractivity (Wildman–Crippen MR) is 120 cm³/mol. The summed E-state index contributed by atoms with van der Waals surface area (Å²) < 4.78 is 33.0. The molecule has 2 amide bonds. The van der Waals surface area contributed by atoms with Gasteiger partial charge in [0.25, 0.3) is 5.92 Å². The summed E-state index contributed by atoms with van der Waals surface area (Å²) in [4.78, 5) is 37.3. The lowest BCUT2D eigenvalue weighted by molar-refractivity contribution is -0.152. The maximum Gasteiger partial charge on any atom is 0.407 e. The van der Waals surface area contributed by atoms with Crippen LogP contribution in [0.2, 0.25) is 0 Å². The molecular formula is C25H26F2N2O5. The molecule has 1 atom stereocenters. The summed E-state index contributed by atoms with van der Waals surface area (Å²) in [5.41, 5.74) is 2.99. The minimum Gasteiger partial charge on any atom is -0.480 e. The second-order valence-corrected chi connectivity index (χ2v) is 9.41. The third-order valence-electron chi connectivity index (χ3n) is 6.41. The molecule has 1 aliphatic heterocycles. The van der Waals surface area contributed by atoms with E-state index in [9.17, 15) is 28.3 Å². The van der Waals surface area contributed by atoms with Crippen LogP contribution in [-0.4, -0.2) is 59.6 Å². The molecule has 0 saturated carbocycles. The summed E-state index contributed by atoms with van der Waals surface area (Å²) in [5, 5.41) is 11.8. The van der Waals surface area contributed by atoms with Crippen molar-refractivity contribution in [3.05, 3.63) is 59.7 Å². The number of hydrogen-bond donors (Lipinski definition) is 2. The van der Waals surface area contributed by atoms with E-state index in [0.717, 1.165) is 22.3 Å². The van der Waals surface area contributed by atoms with Crippen molar-refractivity contribution in [1.82, 2.24) is 10.2 Å². The van der Waals surface area contributed by atoms with Gasteiger partial charge in [-0.05, 0) is 36.1 Å². The molecule has 34 heavy (non-hydrogen) atoms. The molecule has 1 heterocycles. The van der Waals surface area contributed by atoms with E-state index in [4.69, 9.17) is 4.74 Å². The Morgan fingerprint density at radius 1 is 1.09 bits per heavy atom. The van der Waals surface area contributed by atoms with E-state index in [1.165, 1.54) is 13.8 Å². The zero-order valence-corrected chi connectivity index (χ0v) is 18.9. The van der Waals surface area contributed by atoms with E-state index >= 15 is 0 Å². The quantitative estimate of drug-likeness (QED) is 0.666. The highest BCUT2D eigenvalue weighted by Crippen LogP contribution is 2.44. The van der Waals surface area contributed by atoms with Crippen molar-refractivity contribution >= 4 is 18.0 Å². The van der Waals surface area contributed by atoms with Crippen molar-refractivity contribution in [3.63, 3.8) is 0 Å². The van der Waals surface area contributed by atoms with Gasteiger partial charge in [-0.15, -0.1) is 0 Å². The molecule has 180 valence electrons. The molecular weight excluding hydrogens is 446 g/mol. The van der Waals surface area contributed by atoms with Crippen LogP contribution in [0.3, 0.4) is 0 Å². The monoisotopic (exact) mass is 472 g/mol. The number of ether oxygens (including phenoxy) is 1. The fraction of sp³-hybridized carbons (Fsp3) is 0.400. The van der Waals surface area contributed by atoms with E-state index in [2.05, 4.69) is 5.32 Å². The van der Waals surface area contributed by atoms with Crippen LogP contribution in [0.5, 0.6) is 0 Å². The van der Waals surface area contributed by atoms with E-state index in [1.807, 2.05) is 48.5 Å². The smallest absolute Gasteiger partial charge is 0.407 e. The zero-order chi connectivity index (χ0) is 24.7. The van der Waals surface area contributed by atoms with Crippen LogP contribution in [0.15, 0.2) is 48.5 Å². The van der Waals surface area contributed by atoms with Crippen LogP contribution < -0.4 is 5.32 Å². The van der Waals surface area contributed by atoms with Crippen molar-refractivity contribution in [3.8, 4) is 11.1 Å². The lowest BCUT2D eigenvalue weighted by atomic mass is 9.91. The first-order valence-electron chi connectivity index (χ1n) is 11.0. The second-order valence-electron chi connectivity index (χ2n) is 9.41. The highest BCUT2D eigenvalue weighted by atomic mass is 19.3. The molecule has 1 aliphatic carbocycles. The number of nitrogens with one attached hydrogen (secondary N) is 1. The lowest BCUT2D eigenvalue weighted by Crippen LogP contribution is -2.50. The Morgan fingerprint density at radius 2 is 1.65 bits per heavy atom. The van der Waals surface area contributed by atoms with Crippen LogP contribution in [0.4, 0.5) is 13.6 Å². The number of amides is 2. The fourth-order valence-corrected chi connectivity index (χ4v) is 4.66. The van der Waals surface area contributed by atoms with Gasteiger partial charge in [-0.25, -0.2) is 18.4 Å². The minimum atomic E-state index is -3.27. The molecule has 2 N–H and O–H groups in total. The summed E-state index contributed by atoms with van der Waals surface area (Å²) in [6, 6.07) is 14.2. The number of carboxylic acid groups (broad SMARTS) is 1. The summed E-state index contributed by atoms with van der Waals surface area (Å²) in [7, 11) is 0. The first kappa shape index (κ1) is 23.7. The molecule has 7 nitrogen and oxygen atoms in total. The molecule has 1 saturated heterocycles. The maximum absolute atomic E-state index is 13.8. The Kier molecular flexibility index (Phi) is 6.05. The number of nitrogens with zero attached hydrogens (tertiary/aromatic N) is 1. The fourth-order valence-electron chi connectivity index (χ4n) is 4.66. The molecule has 0 unspecified atom stereocenters. The Morgan fingerprint density at radius 3 is 2.21 bits per heavy atom. The number of carbonyl (C=O) groups is 3. The average Bonchev–Trinajstić information content (AvgIpc) is 3.30. The topological polar surface area (TPSA) is 95.9 Å². The first-order valence-corrected chi connectivity index (χ1v) is 11.0. The number of fused-ring (bicyclic) bond motifs is 3. The number of likely N-dealkylation sites (tertiary alicyclic amines) is 1. The SMILES string of the molecule is CC(C)(CNC(=O)OCC1c2ccccc2-c2ccccc21)C(=O)N1CC(F)(F)C[C@H]1C(=O)O. The molecule has 0 radical (unpaired) electrons. The third-order valence-corrected chi connectivity index (χ3v) is 6.41. The minimum absolute atomic E-state index is 0.0909. The van der Waals surface area contributed by atoms with E-state index < -0.39 is 48.3 Å². The lowest BCUT2D eigenvalue weighted by Gasteiger charge is -2.31. The van der Waals surface area contributed by atoms with Gasteiger partial charge in [-0.2, -0.15) is 0 Å². The van der Waals surface area contributed by atoms with Crippen LogP contribution in [0.25, 0.3) is 11.1 Å². The van der Waals surface area contributed by atoms with Crippen molar-refractivity contribution in [2.24, 2.45) is 5.41 Å². The van der Waals surface area contributed by atoms with Gasteiger partial charge in [0.1, 0.15) is 12.6 Å². The van der Waals surface area contributed by atoms with Crippen LogP contribution in [0.1, 0.15) is 37.3 Å². The number of hydrogen-bond acceptors (Lipinski definition) is 4. The van der Waals surface area contributed by atoms with Gasteiger partial charge in [0.15, 0.2) is 0 Å². The second kappa shape index (κ2) is 8.70. The standard InChI is InChI=1S/C25H26F2N2O5/c1-24(2,22(32)29-14-25(26,27)11-20(29)21(30)31)13-28-23(33)34-12-19-17-9-5-3-7-15(17)16-8-4-6-10-18(16)19/h3-10,19-20H,11-14H2,1-2H3,(H,28,33)(H,30,31)/t20-/m0/s1. The van der Waals surface area contributed by atoms with Crippen molar-refractivity contribution in [2.75, 3.05) is 19.7 Å². The predicted octanol–water partition coefficient (Wildman–Crippen LogP) is 3.87. The summed E-state index contributed by atoms with van der Waals surface area (Å²) >= 11 is 0. The number of aliphatic carboxylic acids is 1. The Balaban J connectivity index is 1.37. The number of alkyl halides is 2. The number of carbonyl (C=O) groups excluding carboxylic acids is 2. The maximum atomic E-state index is 13.8. The normalized spacial score (nSPS) is 18.8. The molecule has 0 spiro atoms. The summed E-state index contributed by atoms with van der Waals surface area (Å²) in [6.07, 6.45) is -1.67. The number of carboxylic acids is 1. The molecule has 9 heteroatoms. The molecule has 4 rings (SSSR count). The summed E-state index contributed by atoms with van der Waals surface area (Å²) in [5.74, 6) is -5.65. The van der Waals surface area contributed by atoms with Gasteiger partial charge in [0, 0.05) is 18.9 Å². The number of halogens is 2. The van der Waals surface area contributed by atoms with Crippen molar-refractivity contribution < 1.29 is 33.0 Å². The highest BCUT2D eigenvalue weighted by Gasteiger charge is 2.52. The number of rotatable bonds is 6. The molecule has 0 bridgehead atoms. The van der Waals surface area contributed by atoms with E-state index in [-0.39, 0.29) is 19.1 Å². The van der Waals surface area contributed by atoms with Gasteiger partial charge in [0.2, 0.25) is 5.91 Å². The van der Waals surface area contributed by atoms with Gasteiger partial charge < -0.3 is 20.1 Å². The molecule has 2 aromatic carbocycles. The molecule has 2 aliphatic rings. The van der Waals surface area contributed by atoms with Gasteiger partial charge >= 0.3 is 12.1 Å². The average molecular weight is 472 g/mol. The van der Waals surface area contributed by atoms with Crippen LogP contribution in [0, 0.1) is 5.41 Å². The van der Waals surface area contributed by atoms with Crippen LogP contribution in [-0.2, 0) is 14.3 Å². The van der Waals surface area contributed by atoms with Crippen LogP contribution >= 0.6 is 0 Å². The molecule has 0 aromatic heterocycles. The first-order chi connectivity index (χ1) is 16.0. The molecule has 1 fully saturated rings. The zero-order valence-electron chi connectivity index (χ0n) is 18.9. The Bertz CT molecular complexity index is 1090. The third kappa shape index (κ3) is 4.47. The van der Waals surface area contributed by atoms with Gasteiger partial charge in [-0.3, -0.25) is 4.79 Å². The van der Waals surface area contributed by atoms with Gasteiger partial charge in [0.05, 0.1) is 12.0 Å². The summed E-state index contributed by atoms with van der Waals surface area (Å²) in [6.45, 7) is 1.87. The van der Waals surface area contributed by atoms with Gasteiger partial charge in [-0.1, -0.05) is 48.5 Å². The van der Waals surface area contributed by atoms with Crippen molar-refractivity contribution in [1.29, 1.82) is 0 Å². The Labute approximate surface area is 195 Å². The number of benzene rings is 2. The highest BCUT2D eigenvalue weighted by molar-refractivity contribution is 5.88. The van der Waals surface area contributed by atoms with E-state index in [0.29, 0.717) is 4.90 Å². The number of alkyl carbamates (subject to hydrolysis) is 1. The Hall–Kier alpha value is -3.49. The molecule has 2 aromatic rings. The largest absolute Gasteiger partial charge is 0.480 e. The van der Waals surface area contributed by atoms with E-state index in [1.54, 1.807) is 0 Å².